The van der Waals surface area contributed by atoms with Crippen molar-refractivity contribution in [1.29, 1.82) is 0 Å². The number of carbonyl (C=O) groups excluding carboxylic acids is 1. The van der Waals surface area contributed by atoms with Gasteiger partial charge in [-0.25, -0.2) is 26.6 Å². The monoisotopic (exact) mass is 505 g/mol. The molecule has 1 saturated heterocycles. The fourth-order valence-electron chi connectivity index (χ4n) is 4.38. The molecule has 1 heterocycles. The molecule has 0 saturated carbocycles. The summed E-state index contributed by atoms with van der Waals surface area (Å²) < 4.78 is 73.0. The summed E-state index contributed by atoms with van der Waals surface area (Å²) >= 11 is 0. The third-order valence-electron chi connectivity index (χ3n) is 6.21. The summed E-state index contributed by atoms with van der Waals surface area (Å²) in [6.45, 7) is -0.286. The number of carbonyl (C=O) groups is 1. The zero-order chi connectivity index (χ0) is 25.4. The second-order valence-corrected chi connectivity index (χ2v) is 10.2. The van der Waals surface area contributed by atoms with Crippen LogP contribution in [0.4, 0.5) is 18.9 Å². The summed E-state index contributed by atoms with van der Waals surface area (Å²) in [5, 5.41) is 0. The molecule has 2 aromatic rings. The van der Waals surface area contributed by atoms with Gasteiger partial charge in [-0.1, -0.05) is 0 Å². The van der Waals surface area contributed by atoms with Gasteiger partial charge in [0.2, 0.25) is 10.0 Å². The van der Waals surface area contributed by atoms with Crippen molar-refractivity contribution in [1.82, 2.24) is 4.31 Å². The van der Waals surface area contributed by atoms with Crippen LogP contribution in [0.1, 0.15) is 12.8 Å². The van der Waals surface area contributed by atoms with Gasteiger partial charge >= 0.3 is 5.97 Å². The molecule has 2 aliphatic rings. The number of benzene rings is 2. The molecule has 0 bridgehead atoms. The molecule has 1 fully saturated rings. The lowest BCUT2D eigenvalue weighted by molar-refractivity contribution is -0.151. The first kappa shape index (κ1) is 24.7. The molecule has 184 valence electrons. The smallest absolute Gasteiger partial charge is 0.317 e. The number of rotatable bonds is 4. The molecule has 0 aromatic heterocycles. The van der Waals surface area contributed by atoms with Gasteiger partial charge in [0.15, 0.2) is 11.6 Å². The number of aliphatic imine (C=N–C) groups is 1. The molecule has 2 N–H and O–H groups in total. The summed E-state index contributed by atoms with van der Waals surface area (Å²) in [7, 11) is -3.05. The molecule has 0 unspecified atom stereocenters. The van der Waals surface area contributed by atoms with Crippen molar-refractivity contribution >= 4 is 27.4 Å². The third-order valence-corrected chi connectivity index (χ3v) is 8.05. The van der Waals surface area contributed by atoms with Crippen LogP contribution in [0.15, 0.2) is 75.8 Å². The van der Waals surface area contributed by atoms with E-state index >= 15 is 0 Å². The Labute approximate surface area is 200 Å². The molecule has 7 nitrogen and oxygen atoms in total. The summed E-state index contributed by atoms with van der Waals surface area (Å²) in [5.74, 6) is -3.53. The zero-order valence-electron chi connectivity index (χ0n) is 18.7. The molecule has 0 spiro atoms. The van der Waals surface area contributed by atoms with E-state index in [4.69, 9.17) is 10.5 Å². The number of halogens is 3. The van der Waals surface area contributed by atoms with E-state index in [1.165, 1.54) is 37.6 Å². The highest BCUT2D eigenvalue weighted by Crippen LogP contribution is 2.46. The number of fused-ring (bicyclic) bond motifs is 1. The molecule has 0 amide bonds. The van der Waals surface area contributed by atoms with Crippen LogP contribution in [0.5, 0.6) is 0 Å². The first-order chi connectivity index (χ1) is 16.6. The number of sulfonamides is 1. The first-order valence-electron chi connectivity index (χ1n) is 10.6. The molecule has 11 heteroatoms. The summed E-state index contributed by atoms with van der Waals surface area (Å²) in [6.07, 6.45) is 3.12. The van der Waals surface area contributed by atoms with Crippen molar-refractivity contribution < 1.29 is 31.1 Å². The Kier molecular flexibility index (Phi) is 6.56. The molecule has 1 aliphatic heterocycles. The van der Waals surface area contributed by atoms with Crippen LogP contribution in [0.3, 0.4) is 0 Å². The molecule has 0 radical (unpaired) electrons. The van der Waals surface area contributed by atoms with Crippen molar-refractivity contribution in [2.24, 2.45) is 16.1 Å². The second kappa shape index (κ2) is 9.31. The Morgan fingerprint density at radius 1 is 1.14 bits per heavy atom. The second-order valence-electron chi connectivity index (χ2n) is 8.25. The lowest BCUT2D eigenvalue weighted by Crippen LogP contribution is -2.53. The molecule has 1 aliphatic carbocycles. The Morgan fingerprint density at radius 2 is 1.86 bits per heavy atom. The topological polar surface area (TPSA) is 102 Å². The van der Waals surface area contributed by atoms with E-state index in [9.17, 15) is 26.4 Å². The van der Waals surface area contributed by atoms with E-state index in [-0.39, 0.29) is 25.9 Å². The molecular weight excluding hydrogens is 483 g/mol. The van der Waals surface area contributed by atoms with Crippen molar-refractivity contribution in [2.75, 3.05) is 20.2 Å². The normalized spacial score (nSPS) is 23.1. The number of allylic oxidation sites excluding steroid dienone is 2. The van der Waals surface area contributed by atoms with Gasteiger partial charge in [-0.2, -0.15) is 4.31 Å². The minimum absolute atomic E-state index is 0.00257. The third kappa shape index (κ3) is 4.48. The molecule has 2 aromatic carbocycles. The van der Waals surface area contributed by atoms with E-state index in [0.29, 0.717) is 28.6 Å². The number of nitrogens with two attached hydrogens (primary N) is 1. The maximum atomic E-state index is 13.7. The van der Waals surface area contributed by atoms with Gasteiger partial charge in [0.1, 0.15) is 11.2 Å². The predicted molar refractivity (Wildman–Crippen MR) is 123 cm³/mol. The lowest BCUT2D eigenvalue weighted by Gasteiger charge is -2.44. The van der Waals surface area contributed by atoms with E-state index in [0.717, 1.165) is 16.4 Å². The summed E-state index contributed by atoms with van der Waals surface area (Å²) in [6, 6.07) is 7.84. The van der Waals surface area contributed by atoms with Gasteiger partial charge in [-0.3, -0.25) is 4.79 Å². The predicted octanol–water partition coefficient (Wildman–Crippen LogP) is 3.60. The van der Waals surface area contributed by atoms with E-state index in [1.807, 2.05) is 0 Å². The minimum atomic E-state index is -4.25. The van der Waals surface area contributed by atoms with Crippen LogP contribution in [0.2, 0.25) is 0 Å². The highest BCUT2D eigenvalue weighted by Gasteiger charge is 2.52. The van der Waals surface area contributed by atoms with E-state index in [2.05, 4.69) is 4.99 Å². The van der Waals surface area contributed by atoms with Gasteiger partial charge in [0, 0.05) is 13.1 Å². The van der Waals surface area contributed by atoms with Crippen LogP contribution in [-0.2, 0) is 19.6 Å². The number of nitrogens with zero attached hydrogens (tertiary/aromatic N) is 2. The number of ether oxygens (including phenoxy) is 1. The summed E-state index contributed by atoms with van der Waals surface area (Å²) in [4.78, 5) is 17.1. The number of esters is 1. The maximum absolute atomic E-state index is 13.7. The number of methoxy groups -OCH3 is 1. The first-order valence-corrected chi connectivity index (χ1v) is 12.0. The van der Waals surface area contributed by atoms with Gasteiger partial charge in [-0.05, 0) is 78.7 Å². The summed E-state index contributed by atoms with van der Waals surface area (Å²) in [5.41, 5.74) is 6.47. The highest BCUT2D eigenvalue weighted by atomic mass is 32.2. The molecular formula is C24H22F3N3O4S. The molecule has 1 atom stereocenters. The SMILES string of the molecule is COC(=O)[C@]12C/C(=C/N)C(=Nc3ccc(F)cc3)C=C1CCN(S(=O)(=O)c1ccc(F)c(F)c1)C2. The maximum Gasteiger partial charge on any atom is 0.317 e. The largest absolute Gasteiger partial charge is 0.468 e. The van der Waals surface area contributed by atoms with Crippen molar-refractivity contribution in [3.05, 3.63) is 83.3 Å². The van der Waals surface area contributed by atoms with Gasteiger partial charge in [-0.15, -0.1) is 0 Å². The quantitative estimate of drug-likeness (QED) is 0.640. The van der Waals surface area contributed by atoms with Crippen LogP contribution in [-0.4, -0.2) is 44.6 Å². The average molecular weight is 506 g/mol. The van der Waals surface area contributed by atoms with Crippen LogP contribution >= 0.6 is 0 Å². The number of hydrogen-bond acceptors (Lipinski definition) is 6. The van der Waals surface area contributed by atoms with Crippen LogP contribution in [0.25, 0.3) is 0 Å². The number of piperidine rings is 1. The van der Waals surface area contributed by atoms with Crippen molar-refractivity contribution in [3.8, 4) is 0 Å². The highest BCUT2D eigenvalue weighted by molar-refractivity contribution is 7.89. The van der Waals surface area contributed by atoms with Gasteiger partial charge in [0.05, 0.1) is 23.4 Å². The van der Waals surface area contributed by atoms with E-state index in [1.54, 1.807) is 6.08 Å². The lowest BCUT2D eigenvalue weighted by atomic mass is 9.67. The average Bonchev–Trinajstić information content (AvgIpc) is 2.85. The Balaban J connectivity index is 1.76. The number of hydrogen-bond donors (Lipinski definition) is 1. The van der Waals surface area contributed by atoms with Crippen molar-refractivity contribution in [2.45, 2.75) is 17.7 Å². The fourth-order valence-corrected chi connectivity index (χ4v) is 5.89. The van der Waals surface area contributed by atoms with Crippen molar-refractivity contribution in [3.63, 3.8) is 0 Å². The zero-order valence-corrected chi connectivity index (χ0v) is 19.5. The fraction of sp³-hybridized carbons (Fsp3) is 0.250. The Hall–Kier alpha value is -3.44. The Morgan fingerprint density at radius 3 is 2.49 bits per heavy atom. The standard InChI is InChI=1S/C24H22F3N3O4S/c1-34-23(31)24-12-15(13-28)22(29-18-4-2-17(25)3-5-18)10-16(24)8-9-30(14-24)35(32,33)19-6-7-20(26)21(27)11-19/h2-7,10-11,13H,8-9,12,14,28H2,1H3/b15-13-,29-22?/t24-/m0/s1. The van der Waals surface area contributed by atoms with E-state index < -0.39 is 43.8 Å². The Bertz CT molecular complexity index is 1370. The van der Waals surface area contributed by atoms with Gasteiger partial charge < -0.3 is 10.5 Å². The minimum Gasteiger partial charge on any atom is -0.468 e. The van der Waals surface area contributed by atoms with Crippen LogP contribution < -0.4 is 5.73 Å². The van der Waals surface area contributed by atoms with Crippen LogP contribution in [0, 0.1) is 22.9 Å². The van der Waals surface area contributed by atoms with Gasteiger partial charge in [0.25, 0.3) is 0 Å². The molecule has 4 rings (SSSR count). The molecule has 35 heavy (non-hydrogen) atoms.